The second-order valence-corrected chi connectivity index (χ2v) is 4.74. The van der Waals surface area contributed by atoms with Crippen molar-refractivity contribution in [1.29, 1.82) is 0 Å². The predicted octanol–water partition coefficient (Wildman–Crippen LogP) is 1.91. The highest BCUT2D eigenvalue weighted by Gasteiger charge is 2.14. The third kappa shape index (κ3) is 2.77. The molecule has 0 saturated carbocycles. The van der Waals surface area contributed by atoms with E-state index < -0.39 is 0 Å². The first-order chi connectivity index (χ1) is 9.19. The smallest absolute Gasteiger partial charge is 0.263 e. The van der Waals surface area contributed by atoms with Crippen molar-refractivity contribution in [3.63, 3.8) is 0 Å². The van der Waals surface area contributed by atoms with Crippen LogP contribution in [0.25, 0.3) is 11.0 Å². The van der Waals surface area contributed by atoms with Gasteiger partial charge in [0.05, 0.1) is 6.20 Å². The molecule has 2 aromatic heterocycles. The summed E-state index contributed by atoms with van der Waals surface area (Å²) in [5.74, 6) is 1.24. The zero-order valence-electron chi connectivity index (χ0n) is 11.7. The molecule has 0 amide bonds. The van der Waals surface area contributed by atoms with Crippen molar-refractivity contribution in [2.45, 2.75) is 33.6 Å². The van der Waals surface area contributed by atoms with E-state index in [-0.39, 0.29) is 5.56 Å². The van der Waals surface area contributed by atoms with Crippen LogP contribution >= 0.6 is 0 Å². The number of aromatic nitrogens is 4. The molecule has 0 radical (unpaired) electrons. The summed E-state index contributed by atoms with van der Waals surface area (Å²) >= 11 is 0. The average molecular weight is 263 g/mol. The Morgan fingerprint density at radius 3 is 2.68 bits per heavy atom. The molecule has 0 fully saturated rings. The fourth-order valence-corrected chi connectivity index (χ4v) is 2.21. The van der Waals surface area contributed by atoms with Gasteiger partial charge in [0.1, 0.15) is 5.39 Å². The number of nitrogens with zero attached hydrogens (tertiary/aromatic N) is 3. The maximum atomic E-state index is 11.9. The van der Waals surface area contributed by atoms with E-state index in [2.05, 4.69) is 45.8 Å². The molecule has 0 spiro atoms. The second-order valence-electron chi connectivity index (χ2n) is 4.74. The van der Waals surface area contributed by atoms with Gasteiger partial charge in [0, 0.05) is 13.1 Å². The first-order valence-corrected chi connectivity index (χ1v) is 6.87. The van der Waals surface area contributed by atoms with Crippen LogP contribution in [-0.2, 0) is 0 Å². The number of anilines is 1. The van der Waals surface area contributed by atoms with Gasteiger partial charge in [0.15, 0.2) is 5.65 Å². The van der Waals surface area contributed by atoms with E-state index in [0.717, 1.165) is 25.9 Å². The Hall–Kier alpha value is -1.85. The van der Waals surface area contributed by atoms with Gasteiger partial charge in [-0.05, 0) is 12.8 Å². The molecule has 0 aliphatic rings. The van der Waals surface area contributed by atoms with Crippen molar-refractivity contribution in [3.8, 4) is 0 Å². The molecule has 2 N–H and O–H groups in total. The van der Waals surface area contributed by atoms with Gasteiger partial charge in [-0.15, -0.1) is 0 Å². The number of fused-ring (bicyclic) bond motifs is 1. The summed E-state index contributed by atoms with van der Waals surface area (Å²) in [6.07, 6.45) is 3.76. The third-order valence-electron chi connectivity index (χ3n) is 3.62. The van der Waals surface area contributed by atoms with Crippen LogP contribution in [0.3, 0.4) is 0 Å². The van der Waals surface area contributed by atoms with Crippen molar-refractivity contribution in [1.82, 2.24) is 20.2 Å². The molecule has 0 atom stereocenters. The lowest BCUT2D eigenvalue weighted by Crippen LogP contribution is -2.32. The average Bonchev–Trinajstić information content (AvgIpc) is 2.89. The Labute approximate surface area is 112 Å². The van der Waals surface area contributed by atoms with E-state index in [1.807, 2.05) is 0 Å². The van der Waals surface area contributed by atoms with Crippen LogP contribution in [0.1, 0.15) is 33.6 Å². The van der Waals surface area contributed by atoms with Crippen LogP contribution in [0.5, 0.6) is 0 Å². The topological polar surface area (TPSA) is 77.7 Å². The molecule has 6 nitrogen and oxygen atoms in total. The molecular weight excluding hydrogens is 242 g/mol. The highest BCUT2D eigenvalue weighted by atomic mass is 16.1. The van der Waals surface area contributed by atoms with Crippen LogP contribution in [-0.4, -0.2) is 33.3 Å². The summed E-state index contributed by atoms with van der Waals surface area (Å²) in [6, 6.07) is 0. The van der Waals surface area contributed by atoms with Crippen LogP contribution in [0.15, 0.2) is 11.0 Å². The van der Waals surface area contributed by atoms with Crippen molar-refractivity contribution in [2.24, 2.45) is 5.92 Å². The predicted molar refractivity (Wildman–Crippen MR) is 76.5 cm³/mol. The molecule has 0 bridgehead atoms. The third-order valence-corrected chi connectivity index (χ3v) is 3.62. The summed E-state index contributed by atoms with van der Waals surface area (Å²) in [7, 11) is 0. The van der Waals surface area contributed by atoms with E-state index >= 15 is 0 Å². The van der Waals surface area contributed by atoms with Crippen LogP contribution in [0.2, 0.25) is 0 Å². The summed E-state index contributed by atoms with van der Waals surface area (Å²) in [6.45, 7) is 8.18. The number of hydrogen-bond donors (Lipinski definition) is 2. The number of hydrogen-bond acceptors (Lipinski definition) is 4. The van der Waals surface area contributed by atoms with Gasteiger partial charge in [-0.25, -0.2) is 0 Å². The van der Waals surface area contributed by atoms with Gasteiger partial charge in [-0.3, -0.25) is 14.9 Å². The summed E-state index contributed by atoms with van der Waals surface area (Å²) in [4.78, 5) is 21.3. The molecule has 0 aromatic carbocycles. The molecular formula is C13H21N5O. The van der Waals surface area contributed by atoms with Crippen LogP contribution < -0.4 is 10.5 Å². The molecule has 104 valence electrons. The monoisotopic (exact) mass is 263 g/mol. The maximum Gasteiger partial charge on any atom is 0.263 e. The lowest BCUT2D eigenvalue weighted by Gasteiger charge is -2.25. The van der Waals surface area contributed by atoms with Gasteiger partial charge in [0.2, 0.25) is 5.95 Å². The standard InChI is InChI=1S/C13H21N5O/c1-4-9(5-2)8-18(6-3)13-15-11-10(7-14-17-11)12(19)16-13/h7,9H,4-6,8H2,1-3H3,(H2,14,15,16,17,19). The number of H-pyrrole nitrogens is 2. The van der Waals surface area contributed by atoms with Gasteiger partial charge in [0.25, 0.3) is 5.56 Å². The van der Waals surface area contributed by atoms with Gasteiger partial charge in [-0.2, -0.15) is 10.1 Å². The maximum absolute atomic E-state index is 11.9. The van der Waals surface area contributed by atoms with E-state index in [9.17, 15) is 4.79 Å². The van der Waals surface area contributed by atoms with E-state index in [4.69, 9.17) is 0 Å². The zero-order valence-corrected chi connectivity index (χ0v) is 11.7. The first kappa shape index (κ1) is 13.6. The van der Waals surface area contributed by atoms with Crippen LogP contribution in [0.4, 0.5) is 5.95 Å². The molecule has 0 saturated heterocycles. The van der Waals surface area contributed by atoms with Crippen molar-refractivity contribution in [3.05, 3.63) is 16.6 Å². The highest BCUT2D eigenvalue weighted by molar-refractivity contribution is 5.73. The number of nitrogens with one attached hydrogen (secondary N) is 2. The molecule has 0 aliphatic carbocycles. The molecule has 0 aliphatic heterocycles. The van der Waals surface area contributed by atoms with Crippen molar-refractivity contribution < 1.29 is 0 Å². The van der Waals surface area contributed by atoms with Crippen LogP contribution in [0, 0.1) is 5.92 Å². The SMILES string of the molecule is CCC(CC)CN(CC)c1nc2[nH]ncc2c(=O)[nH]1. The quantitative estimate of drug-likeness (QED) is 0.834. The molecule has 0 unspecified atom stereocenters. The minimum Gasteiger partial charge on any atom is -0.342 e. The lowest BCUT2D eigenvalue weighted by molar-refractivity contribution is 0.482. The molecule has 2 aromatic rings. The van der Waals surface area contributed by atoms with E-state index in [1.54, 1.807) is 0 Å². The first-order valence-electron chi connectivity index (χ1n) is 6.87. The largest absolute Gasteiger partial charge is 0.342 e. The molecule has 2 rings (SSSR count). The van der Waals surface area contributed by atoms with Gasteiger partial charge < -0.3 is 4.90 Å². The molecule has 2 heterocycles. The second kappa shape index (κ2) is 5.86. The minimum absolute atomic E-state index is 0.142. The number of aromatic amines is 2. The Balaban J connectivity index is 2.32. The molecule has 6 heteroatoms. The van der Waals surface area contributed by atoms with E-state index in [1.165, 1.54) is 6.20 Å². The summed E-state index contributed by atoms with van der Waals surface area (Å²) in [5.41, 5.74) is 0.401. The highest BCUT2D eigenvalue weighted by Crippen LogP contribution is 2.15. The fourth-order valence-electron chi connectivity index (χ4n) is 2.21. The normalized spacial score (nSPS) is 11.4. The molecule has 19 heavy (non-hydrogen) atoms. The van der Waals surface area contributed by atoms with Gasteiger partial charge in [-0.1, -0.05) is 26.7 Å². The van der Waals surface area contributed by atoms with E-state index in [0.29, 0.717) is 22.9 Å². The summed E-state index contributed by atoms with van der Waals surface area (Å²) < 4.78 is 0. The van der Waals surface area contributed by atoms with Crippen molar-refractivity contribution in [2.75, 3.05) is 18.0 Å². The lowest BCUT2D eigenvalue weighted by atomic mass is 10.0. The summed E-state index contributed by atoms with van der Waals surface area (Å²) in [5, 5.41) is 7.11. The Bertz CT molecular complexity index is 584. The van der Waals surface area contributed by atoms with Gasteiger partial charge >= 0.3 is 0 Å². The number of rotatable bonds is 6. The fraction of sp³-hybridized carbons (Fsp3) is 0.615. The Kier molecular flexibility index (Phi) is 4.19. The Morgan fingerprint density at radius 1 is 1.32 bits per heavy atom. The minimum atomic E-state index is -0.142. The Morgan fingerprint density at radius 2 is 2.05 bits per heavy atom. The van der Waals surface area contributed by atoms with Crippen molar-refractivity contribution >= 4 is 17.0 Å². The zero-order chi connectivity index (χ0) is 13.8.